The summed E-state index contributed by atoms with van der Waals surface area (Å²) in [6, 6.07) is 70.3. The molecule has 2 aliphatic heterocycles. The Bertz CT molecular complexity index is 3130. The van der Waals surface area contributed by atoms with Gasteiger partial charge in [0.05, 0.1) is 16.6 Å². The van der Waals surface area contributed by atoms with Gasteiger partial charge in [0.1, 0.15) is 11.1 Å². The maximum Gasteiger partial charge on any atom is 0.247 e. The molecule has 2 aliphatic rings. The van der Waals surface area contributed by atoms with Crippen LogP contribution in [0.15, 0.2) is 199 Å². The third-order valence-corrected chi connectivity index (χ3v) is 12.6. The minimum absolute atomic E-state index is 0.0291. The molecule has 5 heteroatoms. The number of anilines is 6. The van der Waals surface area contributed by atoms with Crippen LogP contribution in [0.2, 0.25) is 0 Å². The van der Waals surface area contributed by atoms with E-state index in [1.165, 1.54) is 38.7 Å². The molecular weight excluding hydrogens is 705 g/mol. The number of hydrogen-bond donors (Lipinski definition) is 0. The minimum atomic E-state index is -0.273. The van der Waals surface area contributed by atoms with Gasteiger partial charge in [-0.25, -0.2) is 0 Å². The Morgan fingerprint density at radius 1 is 0.483 bits per heavy atom. The molecule has 0 radical (unpaired) electrons. The van der Waals surface area contributed by atoms with Gasteiger partial charge in [-0.1, -0.05) is 135 Å². The van der Waals surface area contributed by atoms with Gasteiger partial charge in [0.25, 0.3) is 0 Å². The van der Waals surface area contributed by atoms with Crippen LogP contribution in [0.4, 0.5) is 34.1 Å². The van der Waals surface area contributed by atoms with Crippen molar-refractivity contribution in [1.82, 2.24) is 4.57 Å². The van der Waals surface area contributed by atoms with Crippen LogP contribution in [0.3, 0.4) is 0 Å². The first-order chi connectivity index (χ1) is 28.6. The van der Waals surface area contributed by atoms with Crippen molar-refractivity contribution in [1.29, 1.82) is 0 Å². The Labute approximate surface area is 337 Å². The van der Waals surface area contributed by atoms with Crippen LogP contribution < -0.4 is 26.2 Å². The average molecular weight is 744 g/mol. The molecule has 0 aliphatic carbocycles. The van der Waals surface area contributed by atoms with Gasteiger partial charge in [0.2, 0.25) is 6.71 Å². The first-order valence-electron chi connectivity index (χ1n) is 20.1. The lowest BCUT2D eigenvalue weighted by atomic mass is 9.30. The van der Waals surface area contributed by atoms with Crippen molar-refractivity contribution in [3.63, 3.8) is 0 Å². The molecule has 58 heavy (non-hydrogen) atoms. The van der Waals surface area contributed by atoms with Gasteiger partial charge in [-0.15, -0.1) is 0 Å². The van der Waals surface area contributed by atoms with E-state index in [1.807, 2.05) is 0 Å². The van der Waals surface area contributed by atoms with Gasteiger partial charge >= 0.3 is 0 Å². The second kappa shape index (κ2) is 12.4. The summed E-state index contributed by atoms with van der Waals surface area (Å²) < 4.78 is 9.65. The predicted octanol–water partition coefficient (Wildman–Crippen LogP) is 11.9. The number of fused-ring (bicyclic) bond motifs is 9. The molecule has 0 saturated heterocycles. The maximum absolute atomic E-state index is 7.09. The highest BCUT2D eigenvalue weighted by Crippen LogP contribution is 2.49. The minimum Gasteiger partial charge on any atom is -0.454 e. The van der Waals surface area contributed by atoms with E-state index in [2.05, 4.69) is 222 Å². The van der Waals surface area contributed by atoms with E-state index in [0.29, 0.717) is 0 Å². The lowest BCUT2D eigenvalue weighted by Crippen LogP contribution is -2.63. The molecule has 0 saturated carbocycles. The molecule has 8 aromatic carbocycles. The third kappa shape index (κ3) is 4.59. The van der Waals surface area contributed by atoms with Crippen molar-refractivity contribution in [3.05, 3.63) is 205 Å². The standard InChI is InChI=1S/C53H38BN3O/c1-53(2)41-28-16-17-29-43(41)54-44-31-32-45(56(37-23-11-5-12-24-37)38-25-13-6-14-26-38)48-51(44)57(50-40-27-15-18-30-47(40)58-52(48)50)46-34-39(33-42(53)49(46)54)55(35-19-7-3-8-20-35)36-21-9-4-10-22-36/h3-34H,1-2H3. The Balaban J connectivity index is 1.26. The lowest BCUT2D eigenvalue weighted by Gasteiger charge is -2.43. The Hall–Kier alpha value is -7.24. The van der Waals surface area contributed by atoms with Crippen LogP contribution in [0, 0.1) is 0 Å². The highest BCUT2D eigenvalue weighted by atomic mass is 16.3. The summed E-state index contributed by atoms with van der Waals surface area (Å²) in [5, 5.41) is 2.21. The Kier molecular flexibility index (Phi) is 7.04. The van der Waals surface area contributed by atoms with Gasteiger partial charge in [-0.2, -0.15) is 0 Å². The van der Waals surface area contributed by atoms with Crippen LogP contribution in [0.1, 0.15) is 25.0 Å². The zero-order valence-corrected chi connectivity index (χ0v) is 32.3. The SMILES string of the molecule is CC1(C)c2ccccc2B2c3c(cc(N(c4ccccc4)c4ccccc4)cc31)-n1c3c2ccc(N(c2ccccc2)c2ccccc2)c3c2oc3ccccc3c21. The molecule has 0 bridgehead atoms. The molecule has 0 atom stereocenters. The van der Waals surface area contributed by atoms with Gasteiger partial charge in [-0.05, 0) is 101 Å². The molecular formula is C53H38BN3O. The fraction of sp³-hybridized carbons (Fsp3) is 0.0566. The number of aromatic nitrogens is 1. The van der Waals surface area contributed by atoms with Crippen LogP contribution >= 0.6 is 0 Å². The second-order valence-electron chi connectivity index (χ2n) is 16.1. The molecule has 2 aromatic heterocycles. The quantitative estimate of drug-likeness (QED) is 0.159. The van der Waals surface area contributed by atoms with E-state index in [0.717, 1.165) is 61.6 Å². The molecule has 0 N–H and O–H groups in total. The summed E-state index contributed by atoms with van der Waals surface area (Å²) in [6.45, 7) is 4.84. The van der Waals surface area contributed by atoms with Crippen LogP contribution in [0.5, 0.6) is 0 Å². The predicted molar refractivity (Wildman–Crippen MR) is 243 cm³/mol. The van der Waals surface area contributed by atoms with Crippen molar-refractivity contribution in [2.45, 2.75) is 19.3 Å². The number of furan rings is 1. The van der Waals surface area contributed by atoms with Crippen molar-refractivity contribution in [3.8, 4) is 5.69 Å². The smallest absolute Gasteiger partial charge is 0.247 e. The monoisotopic (exact) mass is 743 g/mol. The summed E-state index contributed by atoms with van der Waals surface area (Å²) >= 11 is 0. The molecule has 12 rings (SSSR count). The van der Waals surface area contributed by atoms with Gasteiger partial charge < -0.3 is 18.8 Å². The summed E-state index contributed by atoms with van der Waals surface area (Å²) in [4.78, 5) is 4.80. The number of para-hydroxylation sites is 5. The zero-order valence-electron chi connectivity index (χ0n) is 32.3. The molecule has 4 heterocycles. The normalized spacial score (nSPS) is 13.4. The number of nitrogens with zero attached hydrogens (tertiary/aromatic N) is 3. The van der Waals surface area contributed by atoms with Crippen LogP contribution in [-0.4, -0.2) is 11.3 Å². The first kappa shape index (κ1) is 33.0. The zero-order chi connectivity index (χ0) is 38.5. The second-order valence-corrected chi connectivity index (χ2v) is 16.1. The summed E-state index contributed by atoms with van der Waals surface area (Å²) in [7, 11) is 0. The van der Waals surface area contributed by atoms with E-state index < -0.39 is 0 Å². The van der Waals surface area contributed by atoms with Crippen molar-refractivity contribution >= 4 is 90.2 Å². The molecule has 4 nitrogen and oxygen atoms in total. The lowest BCUT2D eigenvalue weighted by molar-refractivity contribution is 0.645. The molecule has 0 spiro atoms. The van der Waals surface area contributed by atoms with Crippen LogP contribution in [0.25, 0.3) is 38.7 Å². The van der Waals surface area contributed by atoms with Crippen LogP contribution in [-0.2, 0) is 5.41 Å². The Morgan fingerprint density at radius 3 is 1.67 bits per heavy atom. The number of rotatable bonds is 6. The molecule has 0 fully saturated rings. The molecule has 10 aromatic rings. The highest BCUT2D eigenvalue weighted by molar-refractivity contribution is 6.99. The Morgan fingerprint density at radius 2 is 1.03 bits per heavy atom. The summed E-state index contributed by atoms with van der Waals surface area (Å²) in [5.74, 6) is 0. The van der Waals surface area contributed by atoms with E-state index in [-0.39, 0.29) is 12.1 Å². The van der Waals surface area contributed by atoms with Gasteiger partial charge in [0.15, 0.2) is 5.58 Å². The largest absolute Gasteiger partial charge is 0.454 e. The third-order valence-electron chi connectivity index (χ3n) is 12.6. The van der Waals surface area contributed by atoms with E-state index in [1.54, 1.807) is 0 Å². The van der Waals surface area contributed by atoms with Gasteiger partial charge in [0, 0.05) is 44.9 Å². The molecule has 274 valence electrons. The molecule has 0 amide bonds. The highest BCUT2D eigenvalue weighted by Gasteiger charge is 2.46. The maximum atomic E-state index is 7.09. The van der Waals surface area contributed by atoms with Gasteiger partial charge in [-0.3, -0.25) is 0 Å². The van der Waals surface area contributed by atoms with Crippen molar-refractivity contribution in [2.24, 2.45) is 0 Å². The van der Waals surface area contributed by atoms with E-state index >= 15 is 0 Å². The first-order valence-corrected chi connectivity index (χ1v) is 20.1. The number of hydrogen-bond acceptors (Lipinski definition) is 3. The summed E-state index contributed by atoms with van der Waals surface area (Å²) in [5.41, 5.74) is 18.3. The fourth-order valence-corrected chi connectivity index (χ4v) is 10.1. The topological polar surface area (TPSA) is 24.6 Å². The number of benzene rings is 8. The average Bonchev–Trinajstić information content (AvgIpc) is 3.82. The summed E-state index contributed by atoms with van der Waals surface area (Å²) in [6.07, 6.45) is 0. The molecule has 0 unspecified atom stereocenters. The fourth-order valence-electron chi connectivity index (χ4n) is 10.1. The van der Waals surface area contributed by atoms with Crippen molar-refractivity contribution < 1.29 is 4.42 Å². The van der Waals surface area contributed by atoms with Crippen molar-refractivity contribution in [2.75, 3.05) is 9.80 Å². The van der Waals surface area contributed by atoms with E-state index in [9.17, 15) is 0 Å². The van der Waals surface area contributed by atoms with E-state index in [4.69, 9.17) is 4.42 Å².